The zero-order valence-electron chi connectivity index (χ0n) is 33.1. The maximum atomic E-state index is 14.9. The first-order valence-corrected chi connectivity index (χ1v) is 18.1. The van der Waals surface area contributed by atoms with Crippen LogP contribution in [0.5, 0.6) is 0 Å². The Morgan fingerprint density at radius 3 is 0.878 bits per heavy atom. The van der Waals surface area contributed by atoms with Gasteiger partial charge in [0.15, 0.2) is 0 Å². The molecule has 5 unspecified atom stereocenters. The van der Waals surface area contributed by atoms with Crippen LogP contribution < -0.4 is 5.32 Å². The van der Waals surface area contributed by atoms with Crippen molar-refractivity contribution in [2.24, 2.45) is 0 Å². The second-order valence-electron chi connectivity index (χ2n) is 13.4. The molecule has 1 amide bonds. The van der Waals surface area contributed by atoms with Crippen molar-refractivity contribution in [3.63, 3.8) is 0 Å². The van der Waals surface area contributed by atoms with Crippen molar-refractivity contribution >= 4 is 16.0 Å². The summed E-state index contributed by atoms with van der Waals surface area (Å²) < 4.78 is 544. The minimum absolute atomic E-state index is 0.420. The zero-order valence-corrected chi connectivity index (χ0v) is 33.9. The molecule has 444 valence electrons. The fraction of sp³-hybridized carbons (Fsp3) is 0.960. The average Bonchev–Trinajstić information content (AvgIpc) is 3.11. The van der Waals surface area contributed by atoms with Crippen LogP contribution in [0.3, 0.4) is 0 Å². The van der Waals surface area contributed by atoms with Gasteiger partial charge in [-0.1, -0.05) is 0 Å². The van der Waals surface area contributed by atoms with E-state index >= 15 is 0 Å². The second-order valence-corrected chi connectivity index (χ2v) is 15.0. The van der Waals surface area contributed by atoms with E-state index in [1.54, 1.807) is 0 Å². The molecule has 74 heavy (non-hydrogen) atoms. The van der Waals surface area contributed by atoms with E-state index in [4.69, 9.17) is 4.55 Å². The molecule has 0 saturated carbocycles. The van der Waals surface area contributed by atoms with Crippen LogP contribution in [0, 0.1) is 0 Å². The number of ether oxygens (including phenoxy) is 5. The lowest BCUT2D eigenvalue weighted by Gasteiger charge is -2.45. The maximum Gasteiger partial charge on any atom is 0.462 e. The first-order valence-electron chi connectivity index (χ1n) is 16.5. The predicted octanol–water partition coefficient (Wildman–Crippen LogP) is 10.3. The molecule has 5 atom stereocenters. The molecule has 0 heterocycles. The maximum absolute atomic E-state index is 14.9. The number of hydrogen-bond donors (Lipinski definition) is 2. The molecule has 2 N–H and O–H groups in total. The Morgan fingerprint density at radius 1 is 0.405 bits per heavy atom. The minimum Gasteiger partial charge on any atom is -0.351 e. The summed E-state index contributed by atoms with van der Waals surface area (Å²) in [5.41, 5.74) is 0. The Morgan fingerprint density at radius 2 is 0.649 bits per heavy atom. The largest absolute Gasteiger partial charge is 0.462 e. The summed E-state index contributed by atoms with van der Waals surface area (Å²) in [7, 11) is -3.93. The van der Waals surface area contributed by atoms with E-state index in [0.29, 0.717) is 14.8 Å². The lowest BCUT2D eigenvalue weighted by Crippen LogP contribution is -2.73. The first-order chi connectivity index (χ1) is 31.6. The van der Waals surface area contributed by atoms with E-state index in [-0.39, 0.29) is 0 Å². The van der Waals surface area contributed by atoms with E-state index < -0.39 is 157 Å². The number of hydrogen-bond acceptors (Lipinski definition) is 9. The van der Waals surface area contributed by atoms with Gasteiger partial charge in [0, 0.05) is 13.1 Å². The summed E-state index contributed by atoms with van der Waals surface area (Å²) >= 11 is 0. The average molecular weight is 1220 g/mol. The molecule has 11 nitrogen and oxygen atoms in total. The van der Waals surface area contributed by atoms with Crippen molar-refractivity contribution in [3.8, 4) is 0 Å². The molecule has 0 fully saturated rings. The van der Waals surface area contributed by atoms with E-state index in [9.17, 15) is 176 Å². The van der Waals surface area contributed by atoms with Gasteiger partial charge in [0.25, 0.3) is 16.0 Å². The van der Waals surface area contributed by atoms with E-state index in [0.717, 1.165) is 21.4 Å². The van der Waals surface area contributed by atoms with Gasteiger partial charge in [0.05, 0.1) is 5.75 Å². The third-order valence-electron chi connectivity index (χ3n) is 7.81. The third kappa shape index (κ3) is 13.3. The van der Waals surface area contributed by atoms with Crippen LogP contribution in [-0.4, -0.2) is 165 Å². The third-order valence-corrected chi connectivity index (χ3v) is 8.51. The number of nitrogens with one attached hydrogen (secondary N) is 1. The smallest absolute Gasteiger partial charge is 0.351 e. The van der Waals surface area contributed by atoms with Gasteiger partial charge >= 0.3 is 109 Å². The number of amides is 1. The monoisotopic (exact) mass is 1220 g/mol. The molecule has 0 aliphatic rings. The summed E-state index contributed by atoms with van der Waals surface area (Å²) in [5.74, 6) is -68.6. The van der Waals surface area contributed by atoms with Crippen molar-refractivity contribution in [2.75, 3.05) is 32.4 Å². The fourth-order valence-corrected chi connectivity index (χ4v) is 4.54. The normalized spacial score (nSPS) is 19.6. The van der Waals surface area contributed by atoms with Crippen LogP contribution in [0.2, 0.25) is 0 Å². The van der Waals surface area contributed by atoms with E-state index in [1.165, 1.54) is 4.74 Å². The van der Waals surface area contributed by atoms with Gasteiger partial charge in [-0.05, 0) is 20.0 Å². The van der Waals surface area contributed by atoms with Crippen LogP contribution in [-0.2, 0) is 38.6 Å². The summed E-state index contributed by atoms with van der Waals surface area (Å²) in [6.45, 7) is -3.22. The number of nitrogens with zero attached hydrogens (tertiary/aromatic N) is 1. The van der Waals surface area contributed by atoms with Gasteiger partial charge in [-0.25, -0.2) is 0 Å². The molecule has 0 bridgehead atoms. The standard InChI is InChI=1S/C25H15F37N2O9S/c1-64(5-6-74(66,67)68)4-2-3-63-7(65)8(26,27)10(30,16(38,39)40)69-22(55,56)12(32,18(44,45)46)71-24(59,60)14(34,20(50,51)52)73-25(61,62)13(33,19(47,48)49)72-23(57,58)11(31,17(41,42)43)70-21(53,54)9(28,29)15(35,36)37/h2-6H2,1H3,(H,63,65)(H,66,67,68). The second kappa shape index (κ2) is 20.1. The van der Waals surface area contributed by atoms with Crippen LogP contribution in [0.25, 0.3) is 0 Å². The van der Waals surface area contributed by atoms with Crippen LogP contribution >= 0.6 is 0 Å². The van der Waals surface area contributed by atoms with Crippen molar-refractivity contribution in [3.05, 3.63) is 0 Å². The zero-order chi connectivity index (χ0) is 60.4. The van der Waals surface area contributed by atoms with Gasteiger partial charge in [0.2, 0.25) is 0 Å². The van der Waals surface area contributed by atoms with Gasteiger partial charge in [-0.15, -0.1) is 0 Å². The van der Waals surface area contributed by atoms with E-state index in [1.807, 2.05) is 0 Å². The van der Waals surface area contributed by atoms with Crippen molar-refractivity contribution < 1.29 is 204 Å². The number of rotatable bonds is 24. The fourth-order valence-electron chi connectivity index (χ4n) is 3.99. The molecule has 0 aromatic carbocycles. The Labute approximate surface area is 378 Å². The van der Waals surface area contributed by atoms with Gasteiger partial charge in [-0.2, -0.15) is 171 Å². The molecular weight excluding hydrogens is 1210 g/mol. The van der Waals surface area contributed by atoms with Crippen molar-refractivity contribution in [2.45, 2.75) is 115 Å². The molecular formula is C25H15F37N2O9S. The summed E-state index contributed by atoms with van der Waals surface area (Å²) in [6.07, 6.45) is -101. The SMILES string of the molecule is CN(CCCNC(=O)C(F)(F)C(F)(OC(F)(F)C(F)(OC(F)(F)C(F)(OC(F)(F)C(F)(OC(F)(F)C(F)(OC(F)(F)C(F)(F)C(F)(F)F)C(F)(F)F)C(F)(F)F)C(F)(F)F)C(F)(F)F)C(F)(F)F)CCS(=O)(=O)O. The van der Waals surface area contributed by atoms with Crippen molar-refractivity contribution in [1.82, 2.24) is 10.2 Å². The van der Waals surface area contributed by atoms with Crippen LogP contribution in [0.4, 0.5) is 162 Å². The summed E-state index contributed by atoms with van der Waals surface area (Å²) in [5, 5.41) is 0.420. The van der Waals surface area contributed by atoms with Crippen molar-refractivity contribution in [1.29, 1.82) is 0 Å². The molecule has 49 heteroatoms. The minimum atomic E-state index is -9.75. The highest BCUT2D eigenvalue weighted by Gasteiger charge is 2.92. The quantitative estimate of drug-likeness (QED) is 0.0547. The molecule has 0 aromatic heterocycles. The Balaban J connectivity index is 7.86. The van der Waals surface area contributed by atoms with Gasteiger partial charge < -0.3 is 10.2 Å². The number of carbonyl (C=O) groups excluding carboxylic acids is 1. The molecule has 0 spiro atoms. The molecule has 0 radical (unpaired) electrons. The Hall–Kier alpha value is -3.45. The highest BCUT2D eigenvalue weighted by atomic mass is 32.2. The lowest BCUT2D eigenvalue weighted by atomic mass is 10.1. The number of alkyl halides is 37. The summed E-state index contributed by atoms with van der Waals surface area (Å²) in [6, 6.07) is 0. The van der Waals surface area contributed by atoms with Gasteiger partial charge in [0.1, 0.15) is 0 Å². The van der Waals surface area contributed by atoms with Crippen LogP contribution in [0.1, 0.15) is 6.42 Å². The molecule has 0 saturated heterocycles. The predicted molar refractivity (Wildman–Crippen MR) is 147 cm³/mol. The molecule has 0 aliphatic heterocycles. The number of halogens is 37. The van der Waals surface area contributed by atoms with E-state index in [2.05, 4.69) is 0 Å². The van der Waals surface area contributed by atoms with Gasteiger partial charge in [-0.3, -0.25) is 33.0 Å². The highest BCUT2D eigenvalue weighted by Crippen LogP contribution is 2.63. The Kier molecular flexibility index (Phi) is 19.2. The molecule has 0 rings (SSSR count). The molecule has 0 aromatic rings. The molecule has 0 aliphatic carbocycles. The topological polar surface area (TPSA) is 133 Å². The Bertz CT molecular complexity index is 2050. The lowest BCUT2D eigenvalue weighted by molar-refractivity contribution is -0.601. The first kappa shape index (κ1) is 70.5. The number of carbonyl (C=O) groups is 1. The summed E-state index contributed by atoms with van der Waals surface area (Å²) in [4.78, 5) is 12.5. The highest BCUT2D eigenvalue weighted by molar-refractivity contribution is 7.85. The van der Waals surface area contributed by atoms with Crippen LogP contribution in [0.15, 0.2) is 0 Å².